The van der Waals surface area contributed by atoms with E-state index in [1.807, 2.05) is 100 Å². The Kier molecular flexibility index (Phi) is 34.7. The number of hydrogen-bond donors (Lipinski definition) is 12. The standard InChI is InChI=1S/C33H42N8O3S.C26H32N4O4S.C26H30N4O4S.C25H27ClN4O4S/c1-19(2)44-29-15-22-14-25-28(18-35-23-10-12-34-13-11-23)40-41-31(25)24(22)16-27(29)38-33-36-17-21(5)32(39-33)37-26-8-6-7-9-30(26)45(42,43)20(3)4;2*1-15(2)34-23-12-18-10-11-22(31)19(18)13-21(23)29-26-27-14-17(5)25(30-26)28-20-8-6-7-9-24(20)35(32,33)16(3)4;1-14(2)34-22-11-16-9-10-21(31)17(16)12-20(22)29-25-27-13-18(26)24(30-25)28-19-7-5-6-8-23(19)35(32,33)15(3)4/h6-9,15-17,19-20,23,34-35H,10-14,18H2,1-5H3,(H,40,41)(H2,36,37,38,39);6-9,12-16,22,31H,10-11H2,1-5H3,(H2,27,28,29,30);6-9,12-16H,10-11H2,1-5H3,(H2,27,28,29,30);5-8,11-15H,9-10H2,1-4H3,(H2,27,28,29,30). The number of piperidine rings is 1. The number of ether oxygens (including phenoxy) is 4. The predicted octanol–water partition coefficient (Wildman–Crippen LogP) is 21.7. The molecule has 0 saturated carbocycles. The quantitative estimate of drug-likeness (QED) is 0.0175. The Balaban J connectivity index is 0.000000150. The van der Waals surface area contributed by atoms with Gasteiger partial charge >= 0.3 is 0 Å². The van der Waals surface area contributed by atoms with Gasteiger partial charge in [0.1, 0.15) is 45.5 Å². The number of nitrogens with one attached hydrogen (secondary N) is 11. The van der Waals surface area contributed by atoms with Crippen molar-refractivity contribution in [2.75, 3.05) is 55.6 Å². The zero-order valence-corrected chi connectivity index (χ0v) is 91.6. The molecule has 0 radical (unpaired) electrons. The van der Waals surface area contributed by atoms with Crippen LogP contribution in [0.1, 0.15) is 225 Å². The van der Waals surface area contributed by atoms with Crippen LogP contribution in [0.3, 0.4) is 0 Å². The Morgan fingerprint density at radius 3 is 1.07 bits per heavy atom. The van der Waals surface area contributed by atoms with E-state index in [0.29, 0.717) is 147 Å². The van der Waals surface area contributed by atoms with E-state index in [4.69, 9.17) is 40.6 Å². The molecule has 0 bridgehead atoms. The third kappa shape index (κ3) is 25.9. The molecule has 40 heteroatoms. The van der Waals surface area contributed by atoms with Gasteiger partial charge in [-0.05, 0) is 308 Å². The highest BCUT2D eigenvalue weighted by Gasteiger charge is 2.34. The van der Waals surface area contributed by atoms with Gasteiger partial charge in [-0.1, -0.05) is 60.1 Å². The number of aromatic nitrogens is 10. The normalized spacial score (nSPS) is 14.3. The Morgan fingerprint density at radius 2 is 0.707 bits per heavy atom. The number of carbonyl (C=O) groups excluding carboxylic acids is 2. The molecule has 4 aliphatic carbocycles. The van der Waals surface area contributed by atoms with E-state index in [9.17, 15) is 48.4 Å². The van der Waals surface area contributed by atoms with Crippen molar-refractivity contribution in [2.24, 2.45) is 0 Å². The number of nitrogens with zero attached hydrogens (tertiary/aromatic N) is 9. The lowest BCUT2D eigenvalue weighted by Gasteiger charge is -2.23. The van der Waals surface area contributed by atoms with Crippen molar-refractivity contribution in [3.05, 3.63) is 242 Å². The summed E-state index contributed by atoms with van der Waals surface area (Å²) in [6.45, 7) is 37.3. The summed E-state index contributed by atoms with van der Waals surface area (Å²) < 4.78 is 127. The van der Waals surface area contributed by atoms with Crippen LogP contribution in [-0.4, -0.2) is 165 Å². The molecule has 1 fully saturated rings. The van der Waals surface area contributed by atoms with Crippen LogP contribution in [0.2, 0.25) is 5.02 Å². The SMILES string of the molecule is CC(C)Oc1cc2c(cc1Nc1ncc(Cl)c(Nc3ccccc3S(=O)(=O)C(C)C)n1)C(=O)CC2.Cc1cnc(Nc2cc3c(cc2OC(C)C)CCC3=O)nc1Nc1ccccc1S(=O)(=O)C(C)C.Cc1cnc(Nc2cc3c(cc2OC(C)C)CCC3O)nc1Nc1ccccc1S(=O)(=O)C(C)C.Cc1cnc(Nc2cc3c(cc2OC(C)C)Cc2c-3n[nH]c2CNC2CCNCC2)nc1Nc1ccccc1S(=O)(=O)C(C)C. The highest BCUT2D eigenvalue weighted by Crippen LogP contribution is 2.47. The summed E-state index contributed by atoms with van der Waals surface area (Å²) in [5.41, 5.74) is 17.3. The van der Waals surface area contributed by atoms with E-state index in [1.54, 1.807) is 183 Å². The zero-order valence-electron chi connectivity index (χ0n) is 87.6. The second kappa shape index (κ2) is 47.2. The largest absolute Gasteiger partial charge is 0.489 e. The minimum atomic E-state index is -3.54. The third-order valence-electron chi connectivity index (χ3n) is 25.6. The molecule has 12 N–H and O–H groups in total. The number of hydrogen-bond acceptors (Lipinski definition) is 34. The molecule has 1 atom stereocenters. The molecule has 150 heavy (non-hydrogen) atoms. The molecule has 1 aliphatic heterocycles. The summed E-state index contributed by atoms with van der Waals surface area (Å²) in [4.78, 5) is 61.4. The van der Waals surface area contributed by atoms with Gasteiger partial charge in [-0.2, -0.15) is 25.0 Å². The van der Waals surface area contributed by atoms with Crippen LogP contribution in [-0.2, 0) is 71.6 Å². The van der Waals surface area contributed by atoms with E-state index < -0.39 is 66.5 Å². The number of halogens is 1. The molecular weight excluding hydrogens is 2010 g/mol. The van der Waals surface area contributed by atoms with Gasteiger partial charge in [0, 0.05) is 89.4 Å². The van der Waals surface area contributed by atoms with Gasteiger partial charge in [0.15, 0.2) is 56.7 Å². The maximum absolute atomic E-state index is 13.0. The lowest BCUT2D eigenvalue weighted by Crippen LogP contribution is -2.39. The van der Waals surface area contributed by atoms with Crippen molar-refractivity contribution >= 4 is 155 Å². The number of aliphatic hydroxyl groups excluding tert-OH is 1. The summed E-state index contributed by atoms with van der Waals surface area (Å²) in [5, 5.41) is 49.0. The molecule has 792 valence electrons. The van der Waals surface area contributed by atoms with Crippen LogP contribution in [0.15, 0.2) is 190 Å². The second-order valence-electron chi connectivity index (χ2n) is 39.7. The van der Waals surface area contributed by atoms with Crippen LogP contribution in [0, 0.1) is 20.8 Å². The smallest absolute Gasteiger partial charge is 0.229 e. The average Bonchev–Trinajstić information content (AvgIpc) is 1.60. The molecule has 13 aromatic rings. The first-order valence-electron chi connectivity index (χ1n) is 50.4. The Hall–Kier alpha value is -13.8. The maximum atomic E-state index is 13.0. The Morgan fingerprint density at radius 1 is 0.380 bits per heavy atom. The highest BCUT2D eigenvalue weighted by atomic mass is 35.5. The van der Waals surface area contributed by atoms with Crippen LogP contribution in [0.5, 0.6) is 23.0 Å². The number of ketones is 2. The van der Waals surface area contributed by atoms with Crippen LogP contribution in [0.25, 0.3) is 11.3 Å². The van der Waals surface area contributed by atoms with Crippen LogP contribution < -0.4 is 72.1 Å². The van der Waals surface area contributed by atoms with Gasteiger partial charge in [-0.25, -0.2) is 53.6 Å². The first kappa shape index (κ1) is 110. The van der Waals surface area contributed by atoms with Gasteiger partial charge in [0.25, 0.3) is 0 Å². The van der Waals surface area contributed by atoms with E-state index in [2.05, 4.69) is 105 Å². The van der Waals surface area contributed by atoms with Crippen molar-refractivity contribution in [2.45, 2.75) is 273 Å². The summed E-state index contributed by atoms with van der Waals surface area (Å²) in [6.07, 6.45) is 12.6. The summed E-state index contributed by atoms with van der Waals surface area (Å²) in [7, 11) is -14.0. The van der Waals surface area contributed by atoms with E-state index >= 15 is 0 Å². The summed E-state index contributed by atoms with van der Waals surface area (Å²) >= 11 is 6.34. The average molecular weight is 2140 g/mol. The molecule has 1 saturated heterocycles. The summed E-state index contributed by atoms with van der Waals surface area (Å²) in [6, 6.07) is 42.9. The van der Waals surface area contributed by atoms with Crippen molar-refractivity contribution < 1.29 is 67.3 Å². The number of carbonyl (C=O) groups is 2. The third-order valence-corrected chi connectivity index (χ3v) is 34.7. The zero-order chi connectivity index (χ0) is 108. The number of H-pyrrole nitrogens is 1. The molecule has 35 nitrogen and oxygen atoms in total. The predicted molar refractivity (Wildman–Crippen MR) is 589 cm³/mol. The molecule has 8 aromatic carbocycles. The summed E-state index contributed by atoms with van der Waals surface area (Å²) in [5.74, 6) is 5.66. The minimum Gasteiger partial charge on any atom is -0.489 e. The number of para-hydroxylation sites is 4. The lowest BCUT2D eigenvalue weighted by molar-refractivity contribution is 0.0986. The van der Waals surface area contributed by atoms with Crippen molar-refractivity contribution in [3.8, 4) is 34.3 Å². The van der Waals surface area contributed by atoms with Gasteiger partial charge in [0.2, 0.25) is 23.8 Å². The number of aryl methyl sites for hydroxylation is 6. The van der Waals surface area contributed by atoms with Gasteiger partial charge in [0.05, 0.1) is 134 Å². The number of anilines is 16. The Labute approximate surface area is 882 Å². The Bertz CT molecular complexity index is 7480. The number of rotatable bonds is 35. The van der Waals surface area contributed by atoms with E-state index in [-0.39, 0.29) is 72.4 Å². The van der Waals surface area contributed by atoms with Gasteiger partial charge in [-0.3, -0.25) is 14.7 Å². The second-order valence-corrected chi connectivity index (χ2v) is 50.0. The molecule has 5 aliphatic rings. The fourth-order valence-electron chi connectivity index (χ4n) is 17.4. The fraction of sp³-hybridized carbons (Fsp3) is 0.373. The van der Waals surface area contributed by atoms with E-state index in [0.717, 1.165) is 107 Å². The van der Waals surface area contributed by atoms with E-state index in [1.165, 1.54) is 17.3 Å². The molecule has 1 unspecified atom stereocenters. The molecule has 0 spiro atoms. The molecule has 5 aromatic heterocycles. The molecule has 18 rings (SSSR count). The van der Waals surface area contributed by atoms with Crippen molar-refractivity contribution in [1.82, 2.24) is 60.7 Å². The van der Waals surface area contributed by atoms with Crippen molar-refractivity contribution in [1.29, 1.82) is 0 Å². The topological polar surface area (TPSA) is 480 Å². The first-order valence-corrected chi connectivity index (χ1v) is 56.9. The van der Waals surface area contributed by atoms with Crippen LogP contribution >= 0.6 is 11.6 Å². The fourth-order valence-corrected chi connectivity index (χ4v) is 22.4. The van der Waals surface area contributed by atoms with Gasteiger partial charge in [-0.15, -0.1) is 0 Å². The number of fused-ring (bicyclic) bond motifs is 6. The highest BCUT2D eigenvalue weighted by molar-refractivity contribution is 7.93. The number of aromatic amines is 1. The number of aliphatic hydroxyl groups is 1. The molecular formula is C110H131ClN20O15S4. The monoisotopic (exact) mass is 2130 g/mol. The molecule has 6 heterocycles. The molecule has 0 amide bonds. The first-order chi connectivity index (χ1) is 71.3. The lowest BCUT2D eigenvalue weighted by atomic mass is 10.1. The number of benzene rings is 8. The van der Waals surface area contributed by atoms with Crippen LogP contribution in [0.4, 0.5) is 92.6 Å². The minimum absolute atomic E-state index is 0.0319. The maximum Gasteiger partial charge on any atom is 0.229 e. The number of sulfone groups is 4. The van der Waals surface area contributed by atoms with Crippen molar-refractivity contribution in [3.63, 3.8) is 0 Å². The number of Topliss-reactive ketones (excluding diaryl/α,β-unsaturated/α-hetero) is 2. The van der Waals surface area contributed by atoms with Gasteiger partial charge < -0.3 is 77.2 Å².